The van der Waals surface area contributed by atoms with Crippen LogP contribution in [0, 0.1) is 5.92 Å². The van der Waals surface area contributed by atoms with E-state index in [9.17, 15) is 9.59 Å². The highest BCUT2D eigenvalue weighted by Gasteiger charge is 2.25. The number of piperidine rings is 1. The molecule has 0 spiro atoms. The average molecular weight is 310 g/mol. The van der Waals surface area contributed by atoms with Crippen molar-refractivity contribution in [1.82, 2.24) is 9.80 Å². The van der Waals surface area contributed by atoms with E-state index in [0.29, 0.717) is 12.5 Å². The van der Waals surface area contributed by atoms with Crippen molar-refractivity contribution in [2.24, 2.45) is 5.92 Å². The maximum Gasteiger partial charge on any atom is 0.320 e. The molecule has 0 saturated carbocycles. The quantitative estimate of drug-likeness (QED) is 0.909. The van der Waals surface area contributed by atoms with Gasteiger partial charge in [0.05, 0.1) is 6.54 Å². The zero-order chi connectivity index (χ0) is 15.2. The number of carbonyl (C=O) groups excluding carboxylic acids is 1. The fourth-order valence-corrected chi connectivity index (χ4v) is 3.44. The van der Waals surface area contributed by atoms with Gasteiger partial charge in [0, 0.05) is 31.4 Å². The third kappa shape index (κ3) is 4.74. The van der Waals surface area contributed by atoms with Crippen LogP contribution in [0.5, 0.6) is 0 Å². The fourth-order valence-electron chi connectivity index (χ4n) is 2.69. The molecule has 1 aliphatic heterocycles. The summed E-state index contributed by atoms with van der Waals surface area (Å²) in [6, 6.07) is 4.10. The molecule has 1 fully saturated rings. The molecule has 116 valence electrons. The summed E-state index contributed by atoms with van der Waals surface area (Å²) in [7, 11) is 1.83. The predicted molar refractivity (Wildman–Crippen MR) is 82.3 cm³/mol. The Morgan fingerprint density at radius 2 is 2.14 bits per heavy atom. The number of carboxylic acid groups (broad SMARTS) is 1. The van der Waals surface area contributed by atoms with Crippen molar-refractivity contribution < 1.29 is 14.7 Å². The maximum atomic E-state index is 12.4. The Labute approximate surface area is 129 Å². The van der Waals surface area contributed by atoms with Crippen molar-refractivity contribution in [3.8, 4) is 0 Å². The first-order valence-electron chi connectivity index (χ1n) is 7.30. The summed E-state index contributed by atoms with van der Waals surface area (Å²) >= 11 is 1.66. The monoisotopic (exact) mass is 310 g/mol. The van der Waals surface area contributed by atoms with Gasteiger partial charge in [-0.1, -0.05) is 6.07 Å². The Kier molecular flexibility index (Phi) is 5.61. The number of thiophene rings is 1. The van der Waals surface area contributed by atoms with Crippen LogP contribution in [0.4, 0.5) is 4.79 Å². The van der Waals surface area contributed by atoms with E-state index in [-0.39, 0.29) is 12.5 Å². The van der Waals surface area contributed by atoms with Crippen LogP contribution < -0.4 is 0 Å². The van der Waals surface area contributed by atoms with Crippen LogP contribution in [0.1, 0.15) is 30.6 Å². The van der Waals surface area contributed by atoms with Crippen molar-refractivity contribution >= 4 is 23.3 Å². The molecule has 2 heterocycles. The first-order chi connectivity index (χ1) is 10.1. The average Bonchev–Trinajstić information content (AvgIpc) is 2.97. The van der Waals surface area contributed by atoms with Gasteiger partial charge in [-0.3, -0.25) is 4.79 Å². The van der Waals surface area contributed by atoms with Gasteiger partial charge in [0.25, 0.3) is 0 Å². The van der Waals surface area contributed by atoms with Crippen molar-refractivity contribution in [1.29, 1.82) is 0 Å². The lowest BCUT2D eigenvalue weighted by Crippen LogP contribution is -2.44. The molecule has 6 heteroatoms. The van der Waals surface area contributed by atoms with E-state index in [0.717, 1.165) is 32.4 Å². The molecule has 1 aliphatic rings. The summed E-state index contributed by atoms with van der Waals surface area (Å²) in [5.41, 5.74) is 0. The van der Waals surface area contributed by atoms with Gasteiger partial charge in [-0.05, 0) is 36.6 Å². The largest absolute Gasteiger partial charge is 0.481 e. The molecule has 0 aromatic carbocycles. The smallest absolute Gasteiger partial charge is 0.320 e. The van der Waals surface area contributed by atoms with E-state index in [1.807, 2.05) is 29.5 Å². The van der Waals surface area contributed by atoms with Gasteiger partial charge >= 0.3 is 12.0 Å². The Bertz CT molecular complexity index is 467. The molecular formula is C15H22N2O3S. The van der Waals surface area contributed by atoms with Crippen molar-refractivity contribution in [3.63, 3.8) is 0 Å². The third-order valence-corrected chi connectivity index (χ3v) is 4.81. The van der Waals surface area contributed by atoms with E-state index in [4.69, 9.17) is 5.11 Å². The van der Waals surface area contributed by atoms with Crippen molar-refractivity contribution in [2.75, 3.05) is 20.1 Å². The molecule has 2 rings (SSSR count). The predicted octanol–water partition coefficient (Wildman–Crippen LogP) is 2.88. The van der Waals surface area contributed by atoms with Gasteiger partial charge < -0.3 is 14.9 Å². The molecule has 1 saturated heterocycles. The first kappa shape index (κ1) is 15.8. The SMILES string of the molecule is CN(Cc1cccs1)C(=O)N1CCC(CCC(=O)O)CC1. The highest BCUT2D eigenvalue weighted by atomic mass is 32.1. The minimum Gasteiger partial charge on any atom is -0.481 e. The third-order valence-electron chi connectivity index (χ3n) is 3.95. The lowest BCUT2D eigenvalue weighted by molar-refractivity contribution is -0.137. The van der Waals surface area contributed by atoms with Gasteiger partial charge in [0.2, 0.25) is 0 Å². The van der Waals surface area contributed by atoms with Gasteiger partial charge in [-0.2, -0.15) is 0 Å². The first-order valence-corrected chi connectivity index (χ1v) is 8.18. The number of hydrogen-bond donors (Lipinski definition) is 1. The van der Waals surface area contributed by atoms with Crippen LogP contribution >= 0.6 is 11.3 Å². The Morgan fingerprint density at radius 1 is 1.43 bits per heavy atom. The van der Waals surface area contributed by atoms with Crippen LogP contribution in [-0.2, 0) is 11.3 Å². The lowest BCUT2D eigenvalue weighted by atomic mass is 9.92. The summed E-state index contributed by atoms with van der Waals surface area (Å²) in [4.78, 5) is 27.8. The number of urea groups is 1. The van der Waals surface area contributed by atoms with Gasteiger partial charge in [0.15, 0.2) is 0 Å². The minimum atomic E-state index is -0.732. The molecule has 1 aromatic rings. The summed E-state index contributed by atoms with van der Waals surface area (Å²) in [5, 5.41) is 10.7. The molecule has 1 N–H and O–H groups in total. The Hall–Kier alpha value is -1.56. The van der Waals surface area contributed by atoms with Crippen LogP contribution in [0.25, 0.3) is 0 Å². The molecular weight excluding hydrogens is 288 g/mol. The number of hydrogen-bond acceptors (Lipinski definition) is 3. The Balaban J connectivity index is 1.76. The van der Waals surface area contributed by atoms with Gasteiger partial charge in [-0.15, -0.1) is 11.3 Å². The molecule has 5 nitrogen and oxygen atoms in total. The van der Waals surface area contributed by atoms with E-state index in [1.165, 1.54) is 4.88 Å². The summed E-state index contributed by atoms with van der Waals surface area (Å²) in [6.45, 7) is 2.12. The molecule has 2 amide bonds. The molecule has 21 heavy (non-hydrogen) atoms. The van der Waals surface area contributed by atoms with Crippen molar-refractivity contribution in [2.45, 2.75) is 32.2 Å². The molecule has 1 aromatic heterocycles. The van der Waals surface area contributed by atoms with E-state index >= 15 is 0 Å². The number of rotatable bonds is 5. The van der Waals surface area contributed by atoms with Crippen molar-refractivity contribution in [3.05, 3.63) is 22.4 Å². The molecule has 0 bridgehead atoms. The second-order valence-corrected chi connectivity index (χ2v) is 6.61. The Morgan fingerprint density at radius 3 is 2.71 bits per heavy atom. The van der Waals surface area contributed by atoms with Crippen LogP contribution in [-0.4, -0.2) is 47.0 Å². The fraction of sp³-hybridized carbons (Fsp3) is 0.600. The lowest BCUT2D eigenvalue weighted by Gasteiger charge is -2.34. The number of likely N-dealkylation sites (tertiary alicyclic amines) is 1. The summed E-state index contributed by atoms with van der Waals surface area (Å²) in [6.07, 6.45) is 2.77. The summed E-state index contributed by atoms with van der Waals surface area (Å²) < 4.78 is 0. The van der Waals surface area contributed by atoms with Crippen LogP contribution in [0.2, 0.25) is 0 Å². The molecule has 0 atom stereocenters. The van der Waals surface area contributed by atoms with Gasteiger partial charge in [-0.25, -0.2) is 4.79 Å². The van der Waals surface area contributed by atoms with E-state index in [1.54, 1.807) is 16.2 Å². The van der Waals surface area contributed by atoms with E-state index in [2.05, 4.69) is 0 Å². The zero-order valence-corrected chi connectivity index (χ0v) is 13.1. The maximum absolute atomic E-state index is 12.4. The minimum absolute atomic E-state index is 0.0695. The molecule has 0 aliphatic carbocycles. The highest BCUT2D eigenvalue weighted by molar-refractivity contribution is 7.09. The molecule has 0 unspecified atom stereocenters. The molecule has 0 radical (unpaired) electrons. The van der Waals surface area contributed by atoms with Crippen LogP contribution in [0.15, 0.2) is 17.5 Å². The zero-order valence-electron chi connectivity index (χ0n) is 12.3. The van der Waals surface area contributed by atoms with Crippen LogP contribution in [0.3, 0.4) is 0 Å². The topological polar surface area (TPSA) is 60.9 Å². The number of carbonyl (C=O) groups is 2. The number of aliphatic carboxylic acids is 1. The number of amides is 2. The van der Waals surface area contributed by atoms with E-state index < -0.39 is 5.97 Å². The second-order valence-electron chi connectivity index (χ2n) is 5.58. The normalized spacial score (nSPS) is 16.0. The standard InChI is InChI=1S/C15H22N2O3S/c1-16(11-13-3-2-10-21-13)15(20)17-8-6-12(7-9-17)4-5-14(18)19/h2-3,10,12H,4-9,11H2,1H3,(H,18,19). The number of carboxylic acids is 1. The van der Waals surface area contributed by atoms with Gasteiger partial charge in [0.1, 0.15) is 0 Å². The number of nitrogens with zero attached hydrogens (tertiary/aromatic N) is 2. The highest BCUT2D eigenvalue weighted by Crippen LogP contribution is 2.23. The summed E-state index contributed by atoms with van der Waals surface area (Å²) in [5.74, 6) is -0.295. The second kappa shape index (κ2) is 7.45.